The van der Waals surface area contributed by atoms with Gasteiger partial charge in [-0.1, -0.05) is 23.8 Å². The fourth-order valence-corrected chi connectivity index (χ4v) is 2.84. The van der Waals surface area contributed by atoms with Crippen molar-refractivity contribution in [2.45, 2.75) is 31.7 Å². The summed E-state index contributed by atoms with van der Waals surface area (Å²) in [6.45, 7) is 1.74. The molecule has 0 aromatic heterocycles. The molecule has 0 bridgehead atoms. The Bertz CT molecular complexity index is 638. The number of hydrogen-bond donors (Lipinski definition) is 0. The lowest BCUT2D eigenvalue weighted by atomic mass is 9.76. The van der Waals surface area contributed by atoms with Crippen molar-refractivity contribution in [2.24, 2.45) is 0 Å². The largest absolute Gasteiger partial charge is 0.298 e. The van der Waals surface area contributed by atoms with Gasteiger partial charge in [-0.05, 0) is 13.3 Å². The van der Waals surface area contributed by atoms with Crippen molar-refractivity contribution in [3.63, 3.8) is 0 Å². The molecule has 1 aromatic carbocycles. The highest BCUT2D eigenvalue weighted by Crippen LogP contribution is 2.41. The number of nitro benzene ring substituents is 1. The van der Waals surface area contributed by atoms with E-state index in [9.17, 15) is 25.0 Å². The number of rotatable bonds is 4. The molecular weight excluding hydrogens is 276 g/mol. The topological polar surface area (TPSA) is 103 Å². The van der Waals surface area contributed by atoms with Crippen LogP contribution >= 0.6 is 0 Å². The maximum absolute atomic E-state index is 11.4. The first-order valence-electron chi connectivity index (χ1n) is 6.49. The summed E-state index contributed by atoms with van der Waals surface area (Å²) in [6, 6.07) is 4.86. The van der Waals surface area contributed by atoms with Crippen LogP contribution in [-0.2, 0) is 4.79 Å². The first-order valence-corrected chi connectivity index (χ1v) is 6.49. The van der Waals surface area contributed by atoms with E-state index in [1.54, 1.807) is 13.0 Å². The molecule has 1 aliphatic carbocycles. The molecule has 0 heterocycles. The SMILES string of the molecule is CC1=C(C=O)[C@@H](c2ccccc2[N+](=O)[O-])[C@H]([N+](=O)[O-])CC1. The lowest BCUT2D eigenvalue weighted by Gasteiger charge is -2.27. The van der Waals surface area contributed by atoms with Gasteiger partial charge in [0.1, 0.15) is 6.29 Å². The molecule has 0 fully saturated rings. The van der Waals surface area contributed by atoms with Gasteiger partial charge in [-0.3, -0.25) is 25.0 Å². The number of nitro groups is 2. The predicted octanol–water partition coefficient (Wildman–Crippen LogP) is 2.63. The second kappa shape index (κ2) is 5.82. The smallest absolute Gasteiger partial charge is 0.273 e. The lowest BCUT2D eigenvalue weighted by Crippen LogP contribution is -2.33. The normalized spacial score (nSPS) is 22.0. The molecule has 0 aliphatic heterocycles. The molecule has 0 saturated carbocycles. The molecule has 0 amide bonds. The van der Waals surface area contributed by atoms with E-state index in [2.05, 4.69) is 0 Å². The van der Waals surface area contributed by atoms with Crippen molar-refractivity contribution in [1.82, 2.24) is 0 Å². The van der Waals surface area contributed by atoms with Crippen molar-refractivity contribution in [2.75, 3.05) is 0 Å². The van der Waals surface area contributed by atoms with Crippen LogP contribution in [0.5, 0.6) is 0 Å². The molecule has 0 N–H and O–H groups in total. The molecule has 2 atom stereocenters. The number of aldehydes is 1. The minimum atomic E-state index is -1.02. The van der Waals surface area contributed by atoms with E-state index in [0.29, 0.717) is 12.7 Å². The van der Waals surface area contributed by atoms with Crippen LogP contribution in [0.1, 0.15) is 31.2 Å². The summed E-state index contributed by atoms with van der Waals surface area (Å²) in [4.78, 5) is 32.8. The average Bonchev–Trinajstić information content (AvgIpc) is 2.46. The van der Waals surface area contributed by atoms with E-state index < -0.39 is 21.8 Å². The summed E-state index contributed by atoms with van der Waals surface area (Å²) in [7, 11) is 0. The third-order valence-corrected chi connectivity index (χ3v) is 3.89. The maximum Gasteiger partial charge on any atom is 0.273 e. The second-order valence-electron chi connectivity index (χ2n) is 5.04. The van der Waals surface area contributed by atoms with E-state index in [1.165, 1.54) is 18.2 Å². The quantitative estimate of drug-likeness (QED) is 0.481. The van der Waals surface area contributed by atoms with E-state index in [0.717, 1.165) is 5.57 Å². The summed E-state index contributed by atoms with van der Waals surface area (Å²) in [6.07, 6.45) is 1.32. The molecule has 1 aromatic rings. The van der Waals surface area contributed by atoms with Crippen LogP contribution in [0.4, 0.5) is 5.69 Å². The van der Waals surface area contributed by atoms with E-state index in [4.69, 9.17) is 0 Å². The van der Waals surface area contributed by atoms with Crippen LogP contribution < -0.4 is 0 Å². The van der Waals surface area contributed by atoms with Crippen LogP contribution in [-0.4, -0.2) is 22.2 Å². The van der Waals surface area contributed by atoms with Gasteiger partial charge in [0.15, 0.2) is 0 Å². The zero-order valence-corrected chi connectivity index (χ0v) is 11.4. The summed E-state index contributed by atoms with van der Waals surface area (Å²) in [5.74, 6) is -0.868. The summed E-state index contributed by atoms with van der Waals surface area (Å²) in [5.41, 5.74) is 1.08. The minimum Gasteiger partial charge on any atom is -0.298 e. The Morgan fingerprint density at radius 2 is 1.90 bits per heavy atom. The van der Waals surface area contributed by atoms with E-state index >= 15 is 0 Å². The van der Waals surface area contributed by atoms with Gasteiger partial charge in [-0.15, -0.1) is 0 Å². The second-order valence-corrected chi connectivity index (χ2v) is 5.04. The average molecular weight is 290 g/mol. The van der Waals surface area contributed by atoms with Crippen LogP contribution in [0.25, 0.3) is 0 Å². The van der Waals surface area contributed by atoms with Crippen molar-refractivity contribution >= 4 is 12.0 Å². The lowest BCUT2D eigenvalue weighted by molar-refractivity contribution is -0.527. The molecule has 7 nitrogen and oxygen atoms in total. The number of nitrogens with zero attached hydrogens (tertiary/aromatic N) is 2. The number of allylic oxidation sites excluding steroid dienone is 1. The van der Waals surface area contributed by atoms with Gasteiger partial charge < -0.3 is 0 Å². The summed E-state index contributed by atoms with van der Waals surface area (Å²) in [5, 5.41) is 22.4. The number of benzene rings is 1. The zero-order chi connectivity index (χ0) is 15.6. The van der Waals surface area contributed by atoms with Crippen molar-refractivity contribution < 1.29 is 14.6 Å². The Morgan fingerprint density at radius 3 is 2.48 bits per heavy atom. The van der Waals surface area contributed by atoms with Crippen LogP contribution in [0.15, 0.2) is 35.4 Å². The van der Waals surface area contributed by atoms with E-state index in [1.807, 2.05) is 0 Å². The Balaban J connectivity index is 2.65. The van der Waals surface area contributed by atoms with Crippen LogP contribution in [0.2, 0.25) is 0 Å². The Labute approximate surface area is 120 Å². The number of carbonyl (C=O) groups excluding carboxylic acids is 1. The van der Waals surface area contributed by atoms with Gasteiger partial charge in [-0.25, -0.2) is 0 Å². The van der Waals surface area contributed by atoms with Gasteiger partial charge in [0.2, 0.25) is 6.04 Å². The highest BCUT2D eigenvalue weighted by Gasteiger charge is 2.42. The monoisotopic (exact) mass is 290 g/mol. The molecule has 21 heavy (non-hydrogen) atoms. The third-order valence-electron chi connectivity index (χ3n) is 3.89. The van der Waals surface area contributed by atoms with E-state index in [-0.39, 0.29) is 23.2 Å². The summed E-state index contributed by atoms with van der Waals surface area (Å²) < 4.78 is 0. The molecule has 0 unspecified atom stereocenters. The first kappa shape index (κ1) is 14.8. The predicted molar refractivity (Wildman–Crippen MR) is 74.6 cm³/mol. The van der Waals surface area contributed by atoms with Crippen LogP contribution in [0, 0.1) is 20.2 Å². The zero-order valence-electron chi connectivity index (χ0n) is 11.4. The van der Waals surface area contributed by atoms with Gasteiger partial charge in [0.25, 0.3) is 5.69 Å². The fraction of sp³-hybridized carbons (Fsp3) is 0.357. The third kappa shape index (κ3) is 2.67. The fourth-order valence-electron chi connectivity index (χ4n) is 2.84. The number of para-hydroxylation sites is 1. The van der Waals surface area contributed by atoms with Gasteiger partial charge in [-0.2, -0.15) is 0 Å². The van der Waals surface area contributed by atoms with Gasteiger partial charge in [0, 0.05) is 28.5 Å². The van der Waals surface area contributed by atoms with Crippen molar-refractivity contribution in [3.05, 3.63) is 61.2 Å². The molecule has 0 saturated heterocycles. The Hall–Kier alpha value is -2.57. The first-order chi connectivity index (χ1) is 9.97. The highest BCUT2D eigenvalue weighted by atomic mass is 16.6. The molecule has 0 spiro atoms. The van der Waals surface area contributed by atoms with Crippen LogP contribution in [0.3, 0.4) is 0 Å². The maximum atomic E-state index is 11.4. The molecule has 2 rings (SSSR count). The van der Waals surface area contributed by atoms with Gasteiger partial charge in [0.05, 0.1) is 10.8 Å². The standard InChI is InChI=1S/C14H14N2O5/c1-9-6-7-13(16(20)21)14(11(9)8-17)10-4-2-3-5-12(10)15(18)19/h2-5,8,13-14H,6-7H2,1H3/t13-,14-/m1/s1. The number of carbonyl (C=O) groups is 1. The Kier molecular flexibility index (Phi) is 4.11. The summed E-state index contributed by atoms with van der Waals surface area (Å²) >= 11 is 0. The minimum absolute atomic E-state index is 0.191. The molecule has 7 heteroatoms. The molecule has 110 valence electrons. The Morgan fingerprint density at radius 1 is 1.24 bits per heavy atom. The van der Waals surface area contributed by atoms with Gasteiger partial charge >= 0.3 is 0 Å². The molecular formula is C14H14N2O5. The van der Waals surface area contributed by atoms with Crippen molar-refractivity contribution in [3.8, 4) is 0 Å². The van der Waals surface area contributed by atoms with Crippen molar-refractivity contribution in [1.29, 1.82) is 0 Å². The number of hydrogen-bond acceptors (Lipinski definition) is 5. The molecule has 0 radical (unpaired) electrons. The highest BCUT2D eigenvalue weighted by molar-refractivity contribution is 5.78. The molecule has 1 aliphatic rings.